The van der Waals surface area contributed by atoms with Crippen LogP contribution in [0, 0.1) is 0 Å². The van der Waals surface area contributed by atoms with Crippen molar-refractivity contribution in [3.8, 4) is 5.75 Å². The second kappa shape index (κ2) is 8.78. The van der Waals surface area contributed by atoms with E-state index in [9.17, 15) is 4.79 Å². The third kappa shape index (κ3) is 5.29. The molecule has 0 radical (unpaired) electrons. The van der Waals surface area contributed by atoms with Crippen LogP contribution in [0.4, 0.5) is 5.82 Å². The predicted octanol–water partition coefficient (Wildman–Crippen LogP) is 2.94. The lowest BCUT2D eigenvalue weighted by molar-refractivity contribution is -0.132. The average molecular weight is 313 g/mol. The van der Waals surface area contributed by atoms with E-state index in [2.05, 4.69) is 10.3 Å². The molecule has 0 bridgehead atoms. The van der Waals surface area contributed by atoms with Crippen LogP contribution in [0.15, 0.2) is 48.7 Å². The Morgan fingerprint density at radius 3 is 2.48 bits per heavy atom. The number of anilines is 1. The number of aromatic nitrogens is 1. The third-order valence-corrected chi connectivity index (χ3v) is 3.54. The smallest absolute Gasteiger partial charge is 0.260 e. The molecule has 0 saturated heterocycles. The molecule has 23 heavy (non-hydrogen) atoms. The van der Waals surface area contributed by atoms with Crippen LogP contribution in [0.3, 0.4) is 0 Å². The van der Waals surface area contributed by atoms with Gasteiger partial charge >= 0.3 is 0 Å². The number of nitrogens with zero attached hydrogens (tertiary/aromatic N) is 2. The molecule has 5 nitrogen and oxygen atoms in total. The average Bonchev–Trinajstić information content (AvgIpc) is 2.61. The lowest BCUT2D eigenvalue weighted by Gasteiger charge is -2.18. The Morgan fingerprint density at radius 1 is 1.13 bits per heavy atom. The van der Waals surface area contributed by atoms with Gasteiger partial charge in [0.2, 0.25) is 0 Å². The van der Waals surface area contributed by atoms with E-state index in [1.165, 1.54) is 0 Å². The van der Waals surface area contributed by atoms with Crippen LogP contribution in [-0.4, -0.2) is 35.5 Å². The van der Waals surface area contributed by atoms with E-state index in [0.717, 1.165) is 11.4 Å². The van der Waals surface area contributed by atoms with Crippen molar-refractivity contribution in [1.82, 2.24) is 9.88 Å². The molecule has 0 aliphatic rings. The quantitative estimate of drug-likeness (QED) is 0.814. The number of pyridine rings is 1. The lowest BCUT2D eigenvalue weighted by Crippen LogP contribution is -2.34. The summed E-state index contributed by atoms with van der Waals surface area (Å²) >= 11 is 0. The summed E-state index contributed by atoms with van der Waals surface area (Å²) in [5, 5.41) is 3.25. The van der Waals surface area contributed by atoms with E-state index >= 15 is 0 Å². The Morgan fingerprint density at radius 2 is 1.87 bits per heavy atom. The number of nitrogens with one attached hydrogen (secondary N) is 1. The number of rotatable bonds is 8. The molecule has 0 aliphatic heterocycles. The van der Waals surface area contributed by atoms with E-state index in [-0.39, 0.29) is 12.5 Å². The summed E-state index contributed by atoms with van der Waals surface area (Å²) in [4.78, 5) is 17.9. The van der Waals surface area contributed by atoms with Crippen LogP contribution < -0.4 is 10.1 Å². The lowest BCUT2D eigenvalue weighted by atomic mass is 10.2. The molecule has 1 amide bonds. The molecule has 0 unspecified atom stereocenters. The maximum absolute atomic E-state index is 11.9. The number of hydrogen-bond donors (Lipinski definition) is 1. The monoisotopic (exact) mass is 313 g/mol. The second-order valence-corrected chi connectivity index (χ2v) is 5.07. The molecule has 0 spiro atoms. The van der Waals surface area contributed by atoms with Crippen LogP contribution in [0.5, 0.6) is 5.75 Å². The van der Waals surface area contributed by atoms with E-state index in [4.69, 9.17) is 4.74 Å². The first-order valence-corrected chi connectivity index (χ1v) is 7.87. The van der Waals surface area contributed by atoms with Gasteiger partial charge in [-0.25, -0.2) is 4.98 Å². The first kappa shape index (κ1) is 16.8. The predicted molar refractivity (Wildman–Crippen MR) is 91.4 cm³/mol. The van der Waals surface area contributed by atoms with Crippen LogP contribution >= 0.6 is 0 Å². The Balaban J connectivity index is 1.81. The highest BCUT2D eigenvalue weighted by Gasteiger charge is 2.09. The van der Waals surface area contributed by atoms with Crippen molar-refractivity contribution in [2.75, 3.05) is 25.0 Å². The highest BCUT2D eigenvalue weighted by molar-refractivity contribution is 5.77. The number of carbonyl (C=O) groups is 1. The molecule has 2 rings (SSSR count). The SMILES string of the molecule is CCN(CC)C(=O)COc1ccc(CNc2ccccn2)cc1. The van der Waals surface area contributed by atoms with Gasteiger partial charge in [0.1, 0.15) is 11.6 Å². The van der Waals surface area contributed by atoms with Crippen molar-refractivity contribution in [3.63, 3.8) is 0 Å². The second-order valence-electron chi connectivity index (χ2n) is 5.07. The summed E-state index contributed by atoms with van der Waals surface area (Å²) in [6.07, 6.45) is 1.76. The summed E-state index contributed by atoms with van der Waals surface area (Å²) in [6.45, 7) is 6.10. The zero-order chi connectivity index (χ0) is 16.5. The number of hydrogen-bond acceptors (Lipinski definition) is 4. The largest absolute Gasteiger partial charge is 0.484 e. The van der Waals surface area contributed by atoms with E-state index in [1.54, 1.807) is 11.1 Å². The minimum absolute atomic E-state index is 0.0101. The molecule has 1 heterocycles. The fourth-order valence-electron chi connectivity index (χ4n) is 2.18. The zero-order valence-corrected chi connectivity index (χ0v) is 13.7. The van der Waals surface area contributed by atoms with Gasteiger partial charge in [0, 0.05) is 25.8 Å². The van der Waals surface area contributed by atoms with Crippen molar-refractivity contribution >= 4 is 11.7 Å². The van der Waals surface area contributed by atoms with Gasteiger partial charge in [0.05, 0.1) is 0 Å². The van der Waals surface area contributed by atoms with Crippen molar-refractivity contribution in [3.05, 3.63) is 54.2 Å². The van der Waals surface area contributed by atoms with Gasteiger partial charge in [-0.3, -0.25) is 4.79 Å². The van der Waals surface area contributed by atoms with Gasteiger partial charge in [-0.05, 0) is 43.7 Å². The fraction of sp³-hybridized carbons (Fsp3) is 0.333. The number of likely N-dealkylation sites (N-methyl/N-ethyl adjacent to an activating group) is 1. The summed E-state index contributed by atoms with van der Waals surface area (Å²) in [5.74, 6) is 1.56. The number of carbonyl (C=O) groups excluding carboxylic acids is 1. The Labute approximate surface area is 137 Å². The summed E-state index contributed by atoms with van der Waals surface area (Å²) in [7, 11) is 0. The topological polar surface area (TPSA) is 54.5 Å². The van der Waals surface area contributed by atoms with Gasteiger partial charge in [0.25, 0.3) is 5.91 Å². The molecule has 5 heteroatoms. The molecule has 1 aromatic heterocycles. The van der Waals surface area contributed by atoms with E-state index < -0.39 is 0 Å². The molecule has 0 aliphatic carbocycles. The molecule has 0 atom stereocenters. The van der Waals surface area contributed by atoms with Crippen LogP contribution in [0.1, 0.15) is 19.4 Å². The van der Waals surface area contributed by atoms with Crippen molar-refractivity contribution < 1.29 is 9.53 Å². The molecule has 1 N–H and O–H groups in total. The van der Waals surface area contributed by atoms with Crippen molar-refractivity contribution in [2.24, 2.45) is 0 Å². The molecular weight excluding hydrogens is 290 g/mol. The first-order chi connectivity index (χ1) is 11.2. The van der Waals surface area contributed by atoms with Gasteiger partial charge < -0.3 is 15.0 Å². The molecule has 1 aromatic carbocycles. The normalized spacial score (nSPS) is 10.2. The number of ether oxygens (including phenoxy) is 1. The molecule has 122 valence electrons. The summed E-state index contributed by atoms with van der Waals surface area (Å²) in [6, 6.07) is 13.5. The summed E-state index contributed by atoms with van der Waals surface area (Å²) in [5.41, 5.74) is 1.12. The van der Waals surface area contributed by atoms with Gasteiger partial charge in [0.15, 0.2) is 6.61 Å². The van der Waals surface area contributed by atoms with Crippen molar-refractivity contribution in [1.29, 1.82) is 0 Å². The highest BCUT2D eigenvalue weighted by atomic mass is 16.5. The molecule has 0 saturated carbocycles. The molecular formula is C18H23N3O2. The third-order valence-electron chi connectivity index (χ3n) is 3.54. The highest BCUT2D eigenvalue weighted by Crippen LogP contribution is 2.13. The Hall–Kier alpha value is -2.56. The maximum atomic E-state index is 11.9. The van der Waals surface area contributed by atoms with Crippen molar-refractivity contribution in [2.45, 2.75) is 20.4 Å². The van der Waals surface area contributed by atoms with Crippen LogP contribution in [0.2, 0.25) is 0 Å². The molecule has 2 aromatic rings. The van der Waals surface area contributed by atoms with Crippen LogP contribution in [-0.2, 0) is 11.3 Å². The zero-order valence-electron chi connectivity index (χ0n) is 13.7. The van der Waals surface area contributed by atoms with Gasteiger partial charge in [-0.15, -0.1) is 0 Å². The minimum atomic E-state index is 0.0101. The van der Waals surface area contributed by atoms with Gasteiger partial charge in [-0.1, -0.05) is 18.2 Å². The minimum Gasteiger partial charge on any atom is -0.484 e. The van der Waals surface area contributed by atoms with Gasteiger partial charge in [-0.2, -0.15) is 0 Å². The number of amides is 1. The fourth-order valence-corrected chi connectivity index (χ4v) is 2.18. The Kier molecular flexibility index (Phi) is 6.41. The molecule has 0 fully saturated rings. The number of benzene rings is 1. The van der Waals surface area contributed by atoms with E-state index in [0.29, 0.717) is 25.4 Å². The Bertz CT molecular complexity index is 595. The van der Waals surface area contributed by atoms with E-state index in [1.807, 2.05) is 56.3 Å². The first-order valence-electron chi connectivity index (χ1n) is 7.87. The standard InChI is InChI=1S/C18H23N3O2/c1-3-21(4-2)18(22)14-23-16-10-8-15(9-11-16)13-20-17-7-5-6-12-19-17/h5-12H,3-4,13-14H2,1-2H3,(H,19,20). The maximum Gasteiger partial charge on any atom is 0.260 e. The summed E-state index contributed by atoms with van der Waals surface area (Å²) < 4.78 is 5.55. The van der Waals surface area contributed by atoms with Crippen LogP contribution in [0.25, 0.3) is 0 Å².